The van der Waals surface area contributed by atoms with Crippen LogP contribution in [0.5, 0.6) is 0 Å². The van der Waals surface area contributed by atoms with Crippen molar-refractivity contribution in [3.63, 3.8) is 0 Å². The molecule has 1 atom stereocenters. The van der Waals surface area contributed by atoms with Gasteiger partial charge in [-0.1, -0.05) is 108 Å². The lowest BCUT2D eigenvalue weighted by Crippen LogP contribution is -2.29. The van der Waals surface area contributed by atoms with Crippen LogP contribution in [0.2, 0.25) is 0 Å². The highest BCUT2D eigenvalue weighted by molar-refractivity contribution is 5.75. The van der Waals surface area contributed by atoms with Gasteiger partial charge < -0.3 is 9.84 Å². The zero-order chi connectivity index (χ0) is 25.3. The van der Waals surface area contributed by atoms with Gasteiger partial charge in [-0.2, -0.15) is 0 Å². The summed E-state index contributed by atoms with van der Waals surface area (Å²) < 4.78 is 5.89. The number of hydrogen-bond acceptors (Lipinski definition) is 3. The van der Waals surface area contributed by atoms with Crippen molar-refractivity contribution >= 4 is 5.91 Å². The number of rotatable bonds is 11. The van der Waals surface area contributed by atoms with Crippen molar-refractivity contribution in [1.82, 2.24) is 10.5 Å². The average molecular weight is 501 g/mol. The fourth-order valence-corrected chi connectivity index (χ4v) is 6.46. The molecule has 1 unspecified atom stereocenters. The summed E-state index contributed by atoms with van der Waals surface area (Å²) in [7, 11) is 0. The monoisotopic (exact) mass is 500 g/mol. The molecule has 2 aliphatic rings. The van der Waals surface area contributed by atoms with Crippen LogP contribution in [0.3, 0.4) is 0 Å². The average Bonchev–Trinajstić information content (AvgIpc) is 3.42. The Morgan fingerprint density at radius 3 is 2.06 bits per heavy atom. The predicted octanol–water partition coefficient (Wildman–Crippen LogP) is 9.59. The Morgan fingerprint density at radius 1 is 0.861 bits per heavy atom. The van der Waals surface area contributed by atoms with Crippen LogP contribution in [0.25, 0.3) is 0 Å². The fraction of sp³-hybridized carbons (Fsp3) is 0.875. The zero-order valence-corrected chi connectivity index (χ0v) is 23.5. The lowest BCUT2D eigenvalue weighted by atomic mass is 9.89. The second-order valence-corrected chi connectivity index (χ2v) is 12.0. The molecule has 0 aliphatic heterocycles. The molecule has 0 bridgehead atoms. The van der Waals surface area contributed by atoms with E-state index in [1.165, 1.54) is 115 Å². The Bertz CT molecular complexity index is 680. The first-order valence-electron chi connectivity index (χ1n) is 16.0. The molecule has 1 aromatic rings. The molecule has 0 radical (unpaired) electrons. The van der Waals surface area contributed by atoms with Gasteiger partial charge in [-0.3, -0.25) is 4.79 Å². The van der Waals surface area contributed by atoms with Crippen molar-refractivity contribution in [2.24, 2.45) is 5.92 Å². The molecule has 4 heteroatoms. The van der Waals surface area contributed by atoms with Gasteiger partial charge in [-0.25, -0.2) is 0 Å². The standard InChI is InChI=1S/C32H56N2O2/c1-2-28(31-25-30(34-36-31)29-22-15-10-4-3-5-11-16-23-29)21-17-12-18-24-32(35)33-26-27-19-13-8-6-7-9-14-20-27/h25,27-29H,2-24,26H2,1H3,(H,33,35). The largest absolute Gasteiger partial charge is 0.361 e. The normalized spacial score (nSPS) is 20.7. The summed E-state index contributed by atoms with van der Waals surface area (Å²) in [4.78, 5) is 12.4. The molecule has 0 aromatic carbocycles. The first-order valence-corrected chi connectivity index (χ1v) is 16.0. The van der Waals surface area contributed by atoms with Crippen molar-refractivity contribution in [2.75, 3.05) is 6.54 Å². The molecule has 1 heterocycles. The maximum atomic E-state index is 12.4. The number of carbonyl (C=O) groups is 1. The minimum Gasteiger partial charge on any atom is -0.361 e. The van der Waals surface area contributed by atoms with Crippen LogP contribution in [0.1, 0.15) is 178 Å². The van der Waals surface area contributed by atoms with E-state index in [9.17, 15) is 4.79 Å². The second-order valence-electron chi connectivity index (χ2n) is 12.0. The third-order valence-electron chi connectivity index (χ3n) is 8.98. The Kier molecular flexibility index (Phi) is 14.6. The van der Waals surface area contributed by atoms with Crippen LogP contribution in [0.15, 0.2) is 10.6 Å². The van der Waals surface area contributed by atoms with E-state index < -0.39 is 0 Å². The van der Waals surface area contributed by atoms with E-state index in [-0.39, 0.29) is 5.91 Å². The Hall–Kier alpha value is -1.32. The highest BCUT2D eigenvalue weighted by Gasteiger charge is 2.21. The van der Waals surface area contributed by atoms with Crippen molar-refractivity contribution < 1.29 is 9.32 Å². The summed E-state index contributed by atoms with van der Waals surface area (Å²) in [6, 6.07) is 2.29. The second kappa shape index (κ2) is 18.0. The third kappa shape index (κ3) is 11.4. The minimum atomic E-state index is 0.257. The van der Waals surface area contributed by atoms with Gasteiger partial charge in [-0.15, -0.1) is 0 Å². The summed E-state index contributed by atoms with van der Waals surface area (Å²) >= 11 is 0. The SMILES string of the molecule is CCC(CCCCCC(=O)NCC1CCCCCCCC1)c1cc(C2CCCCCCCCC2)no1. The van der Waals surface area contributed by atoms with Gasteiger partial charge >= 0.3 is 0 Å². The molecule has 1 amide bonds. The van der Waals surface area contributed by atoms with Crippen LogP contribution in [0, 0.1) is 5.92 Å². The van der Waals surface area contributed by atoms with Crippen molar-refractivity contribution in [3.05, 3.63) is 17.5 Å². The van der Waals surface area contributed by atoms with Gasteiger partial charge in [0.25, 0.3) is 0 Å². The number of amides is 1. The third-order valence-corrected chi connectivity index (χ3v) is 8.98. The number of nitrogens with zero attached hydrogens (tertiary/aromatic N) is 1. The number of aromatic nitrogens is 1. The molecule has 3 rings (SSSR count). The van der Waals surface area contributed by atoms with Gasteiger partial charge in [-0.05, 0) is 50.9 Å². The van der Waals surface area contributed by atoms with Crippen molar-refractivity contribution in [3.8, 4) is 0 Å². The van der Waals surface area contributed by atoms with E-state index >= 15 is 0 Å². The Morgan fingerprint density at radius 2 is 1.44 bits per heavy atom. The molecular weight excluding hydrogens is 444 g/mol. The van der Waals surface area contributed by atoms with E-state index in [0.29, 0.717) is 24.2 Å². The molecule has 206 valence electrons. The molecular formula is C32H56N2O2. The van der Waals surface area contributed by atoms with Gasteiger partial charge in [0.1, 0.15) is 5.76 Å². The fourth-order valence-electron chi connectivity index (χ4n) is 6.46. The quantitative estimate of drug-likeness (QED) is 0.308. The van der Waals surface area contributed by atoms with E-state index in [0.717, 1.165) is 44.4 Å². The van der Waals surface area contributed by atoms with Crippen LogP contribution in [-0.4, -0.2) is 17.6 Å². The summed E-state index contributed by atoms with van der Waals surface area (Å²) in [5.74, 6) is 3.09. The van der Waals surface area contributed by atoms with Gasteiger partial charge in [0.2, 0.25) is 5.91 Å². The zero-order valence-electron chi connectivity index (χ0n) is 23.5. The van der Waals surface area contributed by atoms with E-state index in [4.69, 9.17) is 4.52 Å². The Balaban J connectivity index is 1.32. The maximum absolute atomic E-state index is 12.4. The Labute approximate surface area is 222 Å². The number of hydrogen-bond donors (Lipinski definition) is 1. The molecule has 4 nitrogen and oxygen atoms in total. The van der Waals surface area contributed by atoms with Gasteiger partial charge in [0.05, 0.1) is 5.69 Å². The van der Waals surface area contributed by atoms with Gasteiger partial charge in [0.15, 0.2) is 0 Å². The smallest absolute Gasteiger partial charge is 0.220 e. The summed E-state index contributed by atoms with van der Waals surface area (Å²) in [5, 5.41) is 7.79. The molecule has 0 saturated heterocycles. The predicted molar refractivity (Wildman–Crippen MR) is 150 cm³/mol. The highest BCUT2D eigenvalue weighted by Crippen LogP contribution is 2.33. The summed E-state index contributed by atoms with van der Waals surface area (Å²) in [5.41, 5.74) is 1.21. The summed E-state index contributed by atoms with van der Waals surface area (Å²) in [6.45, 7) is 3.16. The topological polar surface area (TPSA) is 55.1 Å². The van der Waals surface area contributed by atoms with E-state index in [2.05, 4.69) is 23.5 Å². The molecule has 36 heavy (non-hydrogen) atoms. The first-order chi connectivity index (χ1) is 17.8. The lowest BCUT2D eigenvalue weighted by molar-refractivity contribution is -0.121. The lowest BCUT2D eigenvalue weighted by Gasteiger charge is -2.16. The molecule has 1 N–H and O–H groups in total. The number of carbonyl (C=O) groups excluding carboxylic acids is 1. The van der Waals surface area contributed by atoms with E-state index in [1.54, 1.807) is 0 Å². The highest BCUT2D eigenvalue weighted by atomic mass is 16.5. The number of unbranched alkanes of at least 4 members (excludes halogenated alkanes) is 2. The molecule has 2 saturated carbocycles. The van der Waals surface area contributed by atoms with Crippen molar-refractivity contribution in [1.29, 1.82) is 0 Å². The minimum absolute atomic E-state index is 0.257. The van der Waals surface area contributed by atoms with Crippen LogP contribution >= 0.6 is 0 Å². The van der Waals surface area contributed by atoms with Gasteiger partial charge in [0, 0.05) is 30.9 Å². The van der Waals surface area contributed by atoms with Crippen molar-refractivity contribution in [2.45, 2.75) is 166 Å². The van der Waals surface area contributed by atoms with Crippen LogP contribution < -0.4 is 5.32 Å². The molecule has 2 fully saturated rings. The van der Waals surface area contributed by atoms with Crippen LogP contribution in [-0.2, 0) is 4.79 Å². The molecule has 1 aromatic heterocycles. The number of nitrogens with one attached hydrogen (secondary N) is 1. The summed E-state index contributed by atoms with van der Waals surface area (Å²) in [6.07, 6.45) is 29.2. The first kappa shape index (κ1) is 29.2. The molecule has 0 spiro atoms. The van der Waals surface area contributed by atoms with Crippen LogP contribution in [0.4, 0.5) is 0 Å². The molecule has 2 aliphatic carbocycles. The maximum Gasteiger partial charge on any atom is 0.220 e. The van der Waals surface area contributed by atoms with E-state index in [1.807, 2.05) is 0 Å².